The Morgan fingerprint density at radius 3 is 1.79 bits per heavy atom. The van der Waals surface area contributed by atoms with Gasteiger partial charge in [-0.25, -0.2) is 4.79 Å². The van der Waals surface area contributed by atoms with Crippen molar-refractivity contribution in [3.63, 3.8) is 0 Å². The summed E-state index contributed by atoms with van der Waals surface area (Å²) in [7, 11) is 0. The summed E-state index contributed by atoms with van der Waals surface area (Å²) in [5.74, 6) is 5.77. The topological polar surface area (TPSA) is 74.8 Å². The maximum absolute atomic E-state index is 12.8. The molecule has 8 aliphatic rings. The SMILES string of the molecule is C[C@@H]([NH2+]C1C2CC3CC(C2)CC1C3)C(=O)NC(=O)NC12CC3CC(CC(C3)C1)C2. The van der Waals surface area contributed by atoms with Crippen molar-refractivity contribution in [2.24, 2.45) is 41.4 Å². The summed E-state index contributed by atoms with van der Waals surface area (Å²) in [6.07, 6.45) is 14.4. The molecule has 29 heavy (non-hydrogen) atoms. The fourth-order valence-corrected chi connectivity index (χ4v) is 9.46. The fourth-order valence-electron chi connectivity index (χ4n) is 9.46. The van der Waals surface area contributed by atoms with Crippen LogP contribution in [0, 0.1) is 41.4 Å². The third-order valence-corrected chi connectivity index (χ3v) is 9.88. The molecule has 0 unspecified atom stereocenters. The molecular weight excluding hydrogens is 362 g/mol. The summed E-state index contributed by atoms with van der Waals surface area (Å²) in [5, 5.41) is 8.29. The molecule has 8 fully saturated rings. The van der Waals surface area contributed by atoms with Crippen LogP contribution >= 0.6 is 0 Å². The molecule has 0 spiro atoms. The zero-order valence-electron chi connectivity index (χ0n) is 17.9. The molecule has 8 bridgehead atoms. The normalized spacial score (nSPS) is 49.8. The van der Waals surface area contributed by atoms with Crippen molar-refractivity contribution < 1.29 is 14.9 Å². The number of nitrogens with two attached hydrogens (primary N) is 1. The number of amides is 3. The van der Waals surface area contributed by atoms with E-state index in [4.69, 9.17) is 0 Å². The van der Waals surface area contributed by atoms with Gasteiger partial charge in [0.1, 0.15) is 0 Å². The Labute approximate surface area is 174 Å². The highest BCUT2D eigenvalue weighted by atomic mass is 16.2. The molecule has 0 radical (unpaired) electrons. The van der Waals surface area contributed by atoms with Gasteiger partial charge in [-0.05, 0) is 107 Å². The number of nitrogens with one attached hydrogen (secondary N) is 2. The largest absolute Gasteiger partial charge is 0.333 e. The average Bonchev–Trinajstić information content (AvgIpc) is 2.62. The van der Waals surface area contributed by atoms with Gasteiger partial charge in [-0.1, -0.05) is 0 Å². The second-order valence-electron chi connectivity index (χ2n) is 12.1. The molecule has 5 heteroatoms. The summed E-state index contributed by atoms with van der Waals surface area (Å²) in [5.41, 5.74) is -0.0342. The van der Waals surface area contributed by atoms with Gasteiger partial charge in [-0.3, -0.25) is 10.1 Å². The minimum atomic E-state index is -0.248. The maximum atomic E-state index is 12.8. The number of rotatable bonds is 4. The van der Waals surface area contributed by atoms with Crippen molar-refractivity contribution in [1.29, 1.82) is 0 Å². The number of hydrogen-bond acceptors (Lipinski definition) is 2. The first-order valence-corrected chi connectivity index (χ1v) is 12.4. The molecular formula is C24H38N3O2+. The predicted molar refractivity (Wildman–Crippen MR) is 110 cm³/mol. The Bertz CT molecular complexity index is 641. The monoisotopic (exact) mass is 400 g/mol. The van der Waals surface area contributed by atoms with Gasteiger partial charge in [0.15, 0.2) is 6.04 Å². The van der Waals surface area contributed by atoms with E-state index < -0.39 is 0 Å². The van der Waals surface area contributed by atoms with Gasteiger partial charge in [0.2, 0.25) is 0 Å². The molecule has 8 saturated carbocycles. The second-order valence-corrected chi connectivity index (χ2v) is 12.1. The van der Waals surface area contributed by atoms with Gasteiger partial charge < -0.3 is 10.6 Å². The molecule has 0 heterocycles. The minimum absolute atomic E-state index is 0.0342. The molecule has 1 atom stereocenters. The van der Waals surface area contributed by atoms with Crippen LogP contribution in [-0.2, 0) is 4.79 Å². The number of urea groups is 1. The highest BCUT2D eigenvalue weighted by Gasteiger charge is 2.52. The van der Waals surface area contributed by atoms with Crippen LogP contribution < -0.4 is 16.0 Å². The van der Waals surface area contributed by atoms with E-state index in [1.165, 1.54) is 51.4 Å². The van der Waals surface area contributed by atoms with E-state index >= 15 is 0 Å². The zero-order chi connectivity index (χ0) is 19.8. The van der Waals surface area contributed by atoms with Crippen LogP contribution in [0.5, 0.6) is 0 Å². The zero-order valence-corrected chi connectivity index (χ0v) is 17.9. The molecule has 0 aromatic rings. The van der Waals surface area contributed by atoms with Gasteiger partial charge in [0.25, 0.3) is 5.91 Å². The van der Waals surface area contributed by atoms with E-state index in [1.54, 1.807) is 0 Å². The molecule has 5 nitrogen and oxygen atoms in total. The first-order valence-electron chi connectivity index (χ1n) is 12.4. The van der Waals surface area contributed by atoms with E-state index in [1.807, 2.05) is 6.92 Å². The van der Waals surface area contributed by atoms with Gasteiger partial charge in [-0.15, -0.1) is 0 Å². The first-order chi connectivity index (χ1) is 13.9. The highest BCUT2D eigenvalue weighted by Crippen LogP contribution is 2.55. The third-order valence-electron chi connectivity index (χ3n) is 9.88. The summed E-state index contributed by atoms with van der Waals surface area (Å²) in [4.78, 5) is 25.5. The van der Waals surface area contributed by atoms with Crippen molar-refractivity contribution in [3.05, 3.63) is 0 Å². The van der Waals surface area contributed by atoms with Gasteiger partial charge in [0, 0.05) is 17.4 Å². The van der Waals surface area contributed by atoms with Crippen molar-refractivity contribution in [3.8, 4) is 0 Å². The van der Waals surface area contributed by atoms with Crippen LogP contribution in [0.4, 0.5) is 4.79 Å². The summed E-state index contributed by atoms with van der Waals surface area (Å²) in [6, 6.07) is 0.164. The molecule has 0 aliphatic heterocycles. The van der Waals surface area contributed by atoms with Crippen LogP contribution in [0.3, 0.4) is 0 Å². The number of hydrogen-bond donors (Lipinski definition) is 3. The molecule has 0 aromatic carbocycles. The van der Waals surface area contributed by atoms with E-state index in [2.05, 4.69) is 16.0 Å². The van der Waals surface area contributed by atoms with E-state index in [0.29, 0.717) is 6.04 Å². The van der Waals surface area contributed by atoms with Crippen molar-refractivity contribution >= 4 is 11.9 Å². The number of imide groups is 1. The lowest BCUT2D eigenvalue weighted by Gasteiger charge is -2.56. The predicted octanol–water partition coefficient (Wildman–Crippen LogP) is 2.56. The Kier molecular flexibility index (Phi) is 4.31. The lowest BCUT2D eigenvalue weighted by Crippen LogP contribution is -3.00. The Morgan fingerprint density at radius 1 is 0.793 bits per heavy atom. The van der Waals surface area contributed by atoms with E-state index in [0.717, 1.165) is 60.7 Å². The number of carbonyl (C=O) groups is 2. The maximum Gasteiger partial charge on any atom is 0.322 e. The molecule has 160 valence electrons. The minimum Gasteiger partial charge on any atom is -0.333 e. The van der Waals surface area contributed by atoms with Crippen LogP contribution in [0.25, 0.3) is 0 Å². The summed E-state index contributed by atoms with van der Waals surface area (Å²) >= 11 is 0. The van der Waals surface area contributed by atoms with Crippen LogP contribution in [-0.4, -0.2) is 29.6 Å². The van der Waals surface area contributed by atoms with Crippen molar-refractivity contribution in [1.82, 2.24) is 10.6 Å². The summed E-state index contributed by atoms with van der Waals surface area (Å²) in [6.45, 7) is 1.98. The second kappa shape index (κ2) is 6.70. The van der Waals surface area contributed by atoms with Gasteiger partial charge in [0.05, 0.1) is 6.04 Å². The van der Waals surface area contributed by atoms with Crippen LogP contribution in [0.15, 0.2) is 0 Å². The van der Waals surface area contributed by atoms with Gasteiger partial charge >= 0.3 is 6.03 Å². The smallest absolute Gasteiger partial charge is 0.322 e. The molecule has 8 aliphatic carbocycles. The standard InChI is InChI=1S/C24H37N3O2/c1-13(25-21-19-6-14-2-15(8-19)9-20(21)7-14)22(28)26-23(29)27-24-10-16-3-17(11-24)5-18(4-16)12-24/h13-21,25H,2-12H2,1H3,(H2,26,27,28,29)/p+1/t13-,14?,15?,16?,17?,18?,19?,20?,21?,24?/m1/s1. The first kappa shape index (κ1) is 18.7. The molecule has 8 rings (SSSR count). The Balaban J connectivity index is 1.04. The number of quaternary nitrogens is 1. The molecule has 4 N–H and O–H groups in total. The molecule has 3 amide bonds. The average molecular weight is 401 g/mol. The van der Waals surface area contributed by atoms with E-state index in [9.17, 15) is 9.59 Å². The molecule has 0 aromatic heterocycles. The quantitative estimate of drug-likeness (QED) is 0.678. The molecule has 0 saturated heterocycles. The fraction of sp³-hybridized carbons (Fsp3) is 0.917. The van der Waals surface area contributed by atoms with Crippen molar-refractivity contribution in [2.75, 3.05) is 0 Å². The Morgan fingerprint density at radius 2 is 1.28 bits per heavy atom. The lowest BCUT2D eigenvalue weighted by atomic mass is 9.53. The van der Waals surface area contributed by atoms with Crippen LogP contribution in [0.2, 0.25) is 0 Å². The van der Waals surface area contributed by atoms with E-state index in [-0.39, 0.29) is 23.5 Å². The third kappa shape index (κ3) is 3.32. The number of carbonyl (C=O) groups excluding carboxylic acids is 2. The summed E-state index contributed by atoms with van der Waals surface area (Å²) < 4.78 is 0. The van der Waals surface area contributed by atoms with Gasteiger partial charge in [-0.2, -0.15) is 0 Å². The lowest BCUT2D eigenvalue weighted by molar-refractivity contribution is -0.725. The van der Waals surface area contributed by atoms with Crippen molar-refractivity contribution in [2.45, 2.75) is 95.2 Å². The highest BCUT2D eigenvalue weighted by molar-refractivity contribution is 5.96. The Hall–Kier alpha value is -1.10. The van der Waals surface area contributed by atoms with Crippen LogP contribution in [0.1, 0.15) is 77.6 Å².